The first-order valence-electron chi connectivity index (χ1n) is 9.63. The molecule has 7 nitrogen and oxygen atoms in total. The fraction of sp³-hybridized carbons (Fsp3) is 0.381. The first-order valence-corrected chi connectivity index (χ1v) is 9.63. The number of carbonyl (C=O) groups is 1. The fourth-order valence-electron chi connectivity index (χ4n) is 3.97. The molecule has 1 aliphatic rings. The Hall–Kier alpha value is -2.93. The molecule has 7 heteroatoms. The van der Waals surface area contributed by atoms with E-state index in [0.717, 1.165) is 37.2 Å². The topological polar surface area (TPSA) is 76.2 Å². The first kappa shape index (κ1) is 18.4. The van der Waals surface area contributed by atoms with Crippen LogP contribution in [0.4, 0.5) is 5.82 Å². The summed E-state index contributed by atoms with van der Waals surface area (Å²) in [5.41, 5.74) is 0.979. The quantitative estimate of drug-likeness (QED) is 0.712. The Balaban J connectivity index is 1.60. The van der Waals surface area contributed by atoms with E-state index in [-0.39, 0.29) is 18.0 Å². The highest BCUT2D eigenvalue weighted by Gasteiger charge is 2.36. The molecule has 0 bridgehead atoms. The van der Waals surface area contributed by atoms with Crippen molar-refractivity contribution < 1.29 is 9.32 Å². The number of aryl methyl sites for hydroxylation is 2. The van der Waals surface area contributed by atoms with Crippen molar-refractivity contribution in [2.24, 2.45) is 7.05 Å². The zero-order chi connectivity index (χ0) is 19.5. The number of benzene rings is 1. The van der Waals surface area contributed by atoms with Gasteiger partial charge in [0, 0.05) is 38.0 Å². The predicted octanol–water partition coefficient (Wildman–Crippen LogP) is 3.10. The summed E-state index contributed by atoms with van der Waals surface area (Å²) in [5.74, 6) is 2.06. The van der Waals surface area contributed by atoms with E-state index in [4.69, 9.17) is 4.52 Å². The standard InChI is InChI=1S/C21H25N5O2/c1-15-13-18(24-28-15)23-21(27)20(16-7-4-3-5-8-16)26-11-6-9-17(26)14-19-22-10-12-25(19)2/h3-5,7-8,10,12-13,17,20H,6,9,11,14H2,1-2H3,(H,23,24,27)/t17-,20?/m1/s1. The number of nitrogens with one attached hydrogen (secondary N) is 1. The minimum absolute atomic E-state index is 0.0914. The monoisotopic (exact) mass is 379 g/mol. The van der Waals surface area contributed by atoms with E-state index >= 15 is 0 Å². The smallest absolute Gasteiger partial charge is 0.247 e. The molecule has 0 aliphatic carbocycles. The third kappa shape index (κ3) is 3.84. The molecule has 146 valence electrons. The molecule has 3 aromatic rings. The number of likely N-dealkylation sites (tertiary alicyclic amines) is 1. The van der Waals surface area contributed by atoms with E-state index in [0.29, 0.717) is 11.6 Å². The molecule has 28 heavy (non-hydrogen) atoms. The second-order valence-electron chi connectivity index (χ2n) is 7.32. The summed E-state index contributed by atoms with van der Waals surface area (Å²) in [4.78, 5) is 20.0. The number of imidazole rings is 1. The third-order valence-electron chi connectivity index (χ3n) is 5.34. The van der Waals surface area contributed by atoms with Crippen LogP contribution in [0.15, 0.2) is 53.3 Å². The van der Waals surface area contributed by atoms with Crippen molar-refractivity contribution in [3.8, 4) is 0 Å². The maximum absolute atomic E-state index is 13.3. The van der Waals surface area contributed by atoms with E-state index in [1.807, 2.05) is 54.3 Å². The zero-order valence-electron chi connectivity index (χ0n) is 16.2. The lowest BCUT2D eigenvalue weighted by Crippen LogP contribution is -2.41. The van der Waals surface area contributed by atoms with Gasteiger partial charge in [-0.3, -0.25) is 9.69 Å². The summed E-state index contributed by atoms with van der Waals surface area (Å²) in [5, 5.41) is 6.83. The van der Waals surface area contributed by atoms with Gasteiger partial charge in [0.2, 0.25) is 5.91 Å². The van der Waals surface area contributed by atoms with Gasteiger partial charge in [0.15, 0.2) is 5.82 Å². The van der Waals surface area contributed by atoms with Crippen LogP contribution >= 0.6 is 0 Å². The molecule has 1 unspecified atom stereocenters. The summed E-state index contributed by atoms with van der Waals surface area (Å²) in [6, 6.07) is 11.5. The number of nitrogens with zero attached hydrogens (tertiary/aromatic N) is 4. The second-order valence-corrected chi connectivity index (χ2v) is 7.32. The molecule has 0 spiro atoms. The van der Waals surface area contributed by atoms with Crippen molar-refractivity contribution >= 4 is 11.7 Å². The number of aromatic nitrogens is 3. The van der Waals surface area contributed by atoms with E-state index in [2.05, 4.69) is 20.4 Å². The van der Waals surface area contributed by atoms with Crippen LogP contribution in [-0.4, -0.2) is 38.1 Å². The van der Waals surface area contributed by atoms with E-state index in [1.54, 1.807) is 13.0 Å². The van der Waals surface area contributed by atoms with Gasteiger partial charge < -0.3 is 14.4 Å². The van der Waals surface area contributed by atoms with Crippen LogP contribution in [0.3, 0.4) is 0 Å². The van der Waals surface area contributed by atoms with Gasteiger partial charge in [0.05, 0.1) is 0 Å². The summed E-state index contributed by atoms with van der Waals surface area (Å²) in [7, 11) is 2.01. The Labute approximate surface area is 164 Å². The fourth-order valence-corrected chi connectivity index (χ4v) is 3.97. The molecule has 4 rings (SSSR count). The van der Waals surface area contributed by atoms with E-state index in [9.17, 15) is 4.79 Å². The molecule has 1 saturated heterocycles. The second kappa shape index (κ2) is 7.98. The van der Waals surface area contributed by atoms with Gasteiger partial charge in [-0.2, -0.15) is 0 Å². The van der Waals surface area contributed by atoms with E-state index < -0.39 is 0 Å². The Morgan fingerprint density at radius 3 is 2.86 bits per heavy atom. The van der Waals surface area contributed by atoms with Crippen molar-refractivity contribution in [3.05, 3.63) is 65.9 Å². The highest BCUT2D eigenvalue weighted by Crippen LogP contribution is 2.32. The number of anilines is 1. The van der Waals surface area contributed by atoms with Crippen LogP contribution in [0, 0.1) is 6.92 Å². The Bertz CT molecular complexity index is 933. The van der Waals surface area contributed by atoms with Gasteiger partial charge in [-0.1, -0.05) is 35.5 Å². The average Bonchev–Trinajstić information content (AvgIpc) is 3.41. The lowest BCUT2D eigenvalue weighted by Gasteiger charge is -2.32. The van der Waals surface area contributed by atoms with Gasteiger partial charge in [0.25, 0.3) is 0 Å². The molecule has 0 saturated carbocycles. The van der Waals surface area contributed by atoms with Crippen LogP contribution < -0.4 is 5.32 Å². The van der Waals surface area contributed by atoms with Crippen molar-refractivity contribution in [2.75, 3.05) is 11.9 Å². The molecule has 0 radical (unpaired) electrons. The summed E-state index contributed by atoms with van der Waals surface area (Å²) < 4.78 is 7.14. The van der Waals surface area contributed by atoms with Crippen molar-refractivity contribution in [1.82, 2.24) is 19.6 Å². The maximum Gasteiger partial charge on any atom is 0.247 e. The summed E-state index contributed by atoms with van der Waals surface area (Å²) in [6.07, 6.45) is 6.72. The van der Waals surface area contributed by atoms with Crippen LogP contribution in [0.2, 0.25) is 0 Å². The minimum Gasteiger partial charge on any atom is -0.360 e. The summed E-state index contributed by atoms with van der Waals surface area (Å²) in [6.45, 7) is 2.68. The van der Waals surface area contributed by atoms with Crippen molar-refractivity contribution in [3.63, 3.8) is 0 Å². The SMILES string of the molecule is Cc1cc(NC(=O)C(c2ccccc2)N2CCC[C@@H]2Cc2nccn2C)no1. The lowest BCUT2D eigenvalue weighted by molar-refractivity contribution is -0.122. The van der Waals surface area contributed by atoms with Gasteiger partial charge in [-0.15, -0.1) is 0 Å². The van der Waals surface area contributed by atoms with Crippen LogP contribution in [-0.2, 0) is 18.3 Å². The first-order chi connectivity index (χ1) is 13.6. The minimum atomic E-state index is -0.383. The number of hydrogen-bond acceptors (Lipinski definition) is 5. The molecule has 2 atom stereocenters. The van der Waals surface area contributed by atoms with Crippen molar-refractivity contribution in [1.29, 1.82) is 0 Å². The Morgan fingerprint density at radius 1 is 1.36 bits per heavy atom. The largest absolute Gasteiger partial charge is 0.360 e. The molecule has 1 fully saturated rings. The van der Waals surface area contributed by atoms with Gasteiger partial charge in [0.1, 0.15) is 17.6 Å². The lowest BCUT2D eigenvalue weighted by atomic mass is 10.0. The van der Waals surface area contributed by atoms with Gasteiger partial charge in [-0.05, 0) is 31.9 Å². The Kier molecular flexibility index (Phi) is 5.25. The van der Waals surface area contributed by atoms with E-state index in [1.165, 1.54) is 0 Å². The number of carbonyl (C=O) groups excluding carboxylic acids is 1. The average molecular weight is 379 g/mol. The molecular weight excluding hydrogens is 354 g/mol. The zero-order valence-corrected chi connectivity index (χ0v) is 16.2. The number of hydrogen-bond donors (Lipinski definition) is 1. The molecule has 1 aliphatic heterocycles. The molecule has 3 heterocycles. The number of amides is 1. The van der Waals surface area contributed by atoms with Gasteiger partial charge >= 0.3 is 0 Å². The highest BCUT2D eigenvalue weighted by atomic mass is 16.5. The third-order valence-corrected chi connectivity index (χ3v) is 5.34. The highest BCUT2D eigenvalue weighted by molar-refractivity contribution is 5.94. The van der Waals surface area contributed by atoms with Crippen LogP contribution in [0.5, 0.6) is 0 Å². The predicted molar refractivity (Wildman–Crippen MR) is 106 cm³/mol. The molecule has 1 amide bonds. The summed E-state index contributed by atoms with van der Waals surface area (Å²) >= 11 is 0. The van der Waals surface area contributed by atoms with Gasteiger partial charge in [-0.25, -0.2) is 4.98 Å². The Morgan fingerprint density at radius 2 is 2.18 bits per heavy atom. The van der Waals surface area contributed by atoms with Crippen LogP contribution in [0.25, 0.3) is 0 Å². The molecular formula is C21H25N5O2. The number of rotatable bonds is 6. The maximum atomic E-state index is 13.3. The molecule has 2 aromatic heterocycles. The van der Waals surface area contributed by atoms with Crippen molar-refractivity contribution in [2.45, 2.75) is 38.3 Å². The van der Waals surface area contributed by atoms with Crippen LogP contribution in [0.1, 0.15) is 36.0 Å². The molecule has 1 N–H and O–H groups in total. The molecule has 1 aromatic carbocycles. The normalized spacial score (nSPS) is 18.3.